The second kappa shape index (κ2) is 7.79. The SMILES string of the molecule is CCCNc1c(F)cc(C(=O)NCCN(C)C)cc1F. The first-order chi connectivity index (χ1) is 9.45. The quantitative estimate of drug-likeness (QED) is 0.806. The lowest BCUT2D eigenvalue weighted by Gasteiger charge is -2.12. The molecule has 0 spiro atoms. The first-order valence-electron chi connectivity index (χ1n) is 6.61. The van der Waals surface area contributed by atoms with Crippen LogP contribution in [0, 0.1) is 11.6 Å². The molecule has 0 radical (unpaired) electrons. The smallest absolute Gasteiger partial charge is 0.251 e. The van der Waals surface area contributed by atoms with Crippen LogP contribution in [0.5, 0.6) is 0 Å². The summed E-state index contributed by atoms with van der Waals surface area (Å²) in [6.07, 6.45) is 0.756. The summed E-state index contributed by atoms with van der Waals surface area (Å²) in [6.45, 7) is 3.45. The van der Waals surface area contributed by atoms with E-state index in [9.17, 15) is 13.6 Å². The van der Waals surface area contributed by atoms with E-state index < -0.39 is 17.5 Å². The second-order valence-electron chi connectivity index (χ2n) is 4.80. The molecule has 0 aromatic heterocycles. The zero-order chi connectivity index (χ0) is 15.1. The van der Waals surface area contributed by atoms with Crippen molar-refractivity contribution in [2.75, 3.05) is 39.0 Å². The van der Waals surface area contributed by atoms with Crippen LogP contribution in [0.15, 0.2) is 12.1 Å². The van der Waals surface area contributed by atoms with Crippen molar-refractivity contribution in [3.05, 3.63) is 29.3 Å². The highest BCUT2D eigenvalue weighted by Crippen LogP contribution is 2.20. The lowest BCUT2D eigenvalue weighted by molar-refractivity contribution is 0.0950. The van der Waals surface area contributed by atoms with Crippen molar-refractivity contribution < 1.29 is 13.6 Å². The molecule has 0 aliphatic heterocycles. The number of rotatable bonds is 7. The molecule has 1 amide bonds. The number of halogens is 2. The van der Waals surface area contributed by atoms with Crippen LogP contribution in [0.25, 0.3) is 0 Å². The zero-order valence-corrected chi connectivity index (χ0v) is 12.1. The maximum absolute atomic E-state index is 13.8. The molecule has 0 unspecified atom stereocenters. The summed E-state index contributed by atoms with van der Waals surface area (Å²) in [6, 6.07) is 2.10. The summed E-state index contributed by atoms with van der Waals surface area (Å²) in [5.41, 5.74) is -0.197. The molecule has 4 nitrogen and oxygen atoms in total. The third-order valence-corrected chi connectivity index (χ3v) is 2.70. The van der Waals surface area contributed by atoms with E-state index in [1.165, 1.54) is 0 Å². The third-order valence-electron chi connectivity index (χ3n) is 2.70. The molecule has 0 aliphatic rings. The lowest BCUT2D eigenvalue weighted by atomic mass is 10.1. The fourth-order valence-corrected chi connectivity index (χ4v) is 1.62. The number of hydrogen-bond acceptors (Lipinski definition) is 3. The van der Waals surface area contributed by atoms with Gasteiger partial charge in [-0.3, -0.25) is 4.79 Å². The van der Waals surface area contributed by atoms with E-state index in [4.69, 9.17) is 0 Å². The molecule has 1 rings (SSSR count). The highest BCUT2D eigenvalue weighted by molar-refractivity contribution is 5.94. The summed E-state index contributed by atoms with van der Waals surface area (Å²) in [7, 11) is 3.75. The van der Waals surface area contributed by atoms with Crippen LogP contribution in [-0.2, 0) is 0 Å². The monoisotopic (exact) mass is 285 g/mol. The number of amides is 1. The van der Waals surface area contributed by atoms with Crippen molar-refractivity contribution in [3.8, 4) is 0 Å². The molecule has 20 heavy (non-hydrogen) atoms. The lowest BCUT2D eigenvalue weighted by Crippen LogP contribution is -2.31. The number of hydrogen-bond donors (Lipinski definition) is 2. The van der Waals surface area contributed by atoms with E-state index in [-0.39, 0.29) is 11.3 Å². The van der Waals surface area contributed by atoms with Gasteiger partial charge < -0.3 is 15.5 Å². The van der Waals surface area contributed by atoms with Crippen LogP contribution in [0.1, 0.15) is 23.7 Å². The van der Waals surface area contributed by atoms with Crippen LogP contribution in [0.3, 0.4) is 0 Å². The van der Waals surface area contributed by atoms with E-state index in [1.807, 2.05) is 25.9 Å². The van der Waals surface area contributed by atoms with Crippen molar-refractivity contribution in [1.82, 2.24) is 10.2 Å². The molecule has 0 saturated carbocycles. The van der Waals surface area contributed by atoms with Gasteiger partial charge in [-0.1, -0.05) is 6.92 Å². The van der Waals surface area contributed by atoms with E-state index in [2.05, 4.69) is 10.6 Å². The summed E-state index contributed by atoms with van der Waals surface area (Å²) in [5.74, 6) is -1.99. The normalized spacial score (nSPS) is 10.7. The average molecular weight is 285 g/mol. The Balaban J connectivity index is 2.74. The topological polar surface area (TPSA) is 44.4 Å². The van der Waals surface area contributed by atoms with Gasteiger partial charge in [-0.25, -0.2) is 8.78 Å². The number of nitrogens with one attached hydrogen (secondary N) is 2. The third kappa shape index (κ3) is 4.77. The van der Waals surface area contributed by atoms with E-state index in [0.29, 0.717) is 19.6 Å². The van der Waals surface area contributed by atoms with E-state index >= 15 is 0 Å². The highest BCUT2D eigenvalue weighted by atomic mass is 19.1. The summed E-state index contributed by atoms with van der Waals surface area (Å²) >= 11 is 0. The molecule has 2 N–H and O–H groups in total. The van der Waals surface area contributed by atoms with Gasteiger partial charge in [0.1, 0.15) is 17.3 Å². The highest BCUT2D eigenvalue weighted by Gasteiger charge is 2.14. The number of carbonyl (C=O) groups excluding carboxylic acids is 1. The van der Waals surface area contributed by atoms with Crippen LogP contribution >= 0.6 is 0 Å². The first-order valence-corrected chi connectivity index (χ1v) is 6.61. The largest absolute Gasteiger partial charge is 0.380 e. The molecule has 1 aromatic carbocycles. The van der Waals surface area contributed by atoms with Crippen molar-refractivity contribution >= 4 is 11.6 Å². The predicted octanol–water partition coefficient (Wildman–Crippen LogP) is 2.08. The Morgan fingerprint density at radius 1 is 1.20 bits per heavy atom. The van der Waals surface area contributed by atoms with Gasteiger partial charge >= 0.3 is 0 Å². The molecule has 0 fully saturated rings. The van der Waals surface area contributed by atoms with Crippen molar-refractivity contribution in [1.29, 1.82) is 0 Å². The zero-order valence-electron chi connectivity index (χ0n) is 12.1. The fraction of sp³-hybridized carbons (Fsp3) is 0.500. The Labute approximate surface area is 118 Å². The van der Waals surface area contributed by atoms with Crippen molar-refractivity contribution in [2.24, 2.45) is 0 Å². The summed E-state index contributed by atoms with van der Waals surface area (Å²) in [4.78, 5) is 13.7. The second-order valence-corrected chi connectivity index (χ2v) is 4.80. The molecule has 0 atom stereocenters. The number of carbonyl (C=O) groups is 1. The molecule has 1 aromatic rings. The Hall–Kier alpha value is -1.69. The number of likely N-dealkylation sites (N-methyl/N-ethyl adjacent to an activating group) is 1. The molecule has 112 valence electrons. The summed E-state index contributed by atoms with van der Waals surface area (Å²) in [5, 5.41) is 5.28. The average Bonchev–Trinajstić information content (AvgIpc) is 2.37. The van der Waals surface area contributed by atoms with Gasteiger partial charge in [0.25, 0.3) is 5.91 Å². The van der Waals surface area contributed by atoms with Gasteiger partial charge in [-0.2, -0.15) is 0 Å². The molecule has 0 saturated heterocycles. The van der Waals surface area contributed by atoms with E-state index in [1.54, 1.807) is 0 Å². The molecule has 6 heteroatoms. The standard InChI is InChI=1S/C14H21F2N3O/c1-4-5-17-13-11(15)8-10(9-12(13)16)14(20)18-6-7-19(2)3/h8-9,17H,4-7H2,1-3H3,(H,18,20). The van der Waals surface area contributed by atoms with Gasteiger partial charge in [0.15, 0.2) is 0 Å². The van der Waals surface area contributed by atoms with Gasteiger partial charge in [-0.15, -0.1) is 0 Å². The van der Waals surface area contributed by atoms with E-state index in [0.717, 1.165) is 18.6 Å². The van der Waals surface area contributed by atoms with Crippen molar-refractivity contribution in [2.45, 2.75) is 13.3 Å². The Kier molecular flexibility index (Phi) is 6.38. The van der Waals surface area contributed by atoms with Gasteiger partial charge in [-0.05, 0) is 32.6 Å². The minimum Gasteiger partial charge on any atom is -0.380 e. The Bertz CT molecular complexity index is 441. The predicted molar refractivity (Wildman–Crippen MR) is 76.0 cm³/mol. The van der Waals surface area contributed by atoms with Crippen LogP contribution < -0.4 is 10.6 Å². The maximum atomic E-state index is 13.8. The van der Waals surface area contributed by atoms with Gasteiger partial charge in [0.2, 0.25) is 0 Å². The van der Waals surface area contributed by atoms with Crippen LogP contribution in [0.4, 0.5) is 14.5 Å². The number of nitrogens with zero attached hydrogens (tertiary/aromatic N) is 1. The van der Waals surface area contributed by atoms with Crippen LogP contribution in [0.2, 0.25) is 0 Å². The minimum absolute atomic E-state index is 0.0131. The molecule has 0 heterocycles. The van der Waals surface area contributed by atoms with Gasteiger partial charge in [0, 0.05) is 25.2 Å². The number of anilines is 1. The fourth-order valence-electron chi connectivity index (χ4n) is 1.62. The molecular formula is C14H21F2N3O. The minimum atomic E-state index is -0.754. The van der Waals surface area contributed by atoms with Gasteiger partial charge in [0.05, 0.1) is 0 Å². The number of benzene rings is 1. The summed E-state index contributed by atoms with van der Waals surface area (Å²) < 4.78 is 27.5. The Morgan fingerprint density at radius 3 is 2.30 bits per heavy atom. The molecular weight excluding hydrogens is 264 g/mol. The molecule has 0 bridgehead atoms. The maximum Gasteiger partial charge on any atom is 0.251 e. The Morgan fingerprint density at radius 2 is 1.80 bits per heavy atom. The van der Waals surface area contributed by atoms with Crippen LogP contribution in [-0.4, -0.2) is 44.5 Å². The van der Waals surface area contributed by atoms with Crippen molar-refractivity contribution in [3.63, 3.8) is 0 Å². The molecule has 0 aliphatic carbocycles. The first kappa shape index (κ1) is 16.4.